The van der Waals surface area contributed by atoms with Crippen LogP contribution in [0.15, 0.2) is 30.5 Å². The lowest BCUT2D eigenvalue weighted by molar-refractivity contribution is 0.0778. The second kappa shape index (κ2) is 7.67. The van der Waals surface area contributed by atoms with Gasteiger partial charge >= 0.3 is 0 Å². The Morgan fingerprint density at radius 2 is 2.17 bits per heavy atom. The smallest absolute Gasteiger partial charge is 0.256 e. The van der Waals surface area contributed by atoms with Crippen LogP contribution in [0.4, 0.5) is 0 Å². The van der Waals surface area contributed by atoms with Crippen molar-refractivity contribution in [3.8, 4) is 0 Å². The summed E-state index contributed by atoms with van der Waals surface area (Å²) in [5, 5.41) is 1.44. The first-order chi connectivity index (χ1) is 10.0. The molecule has 4 nitrogen and oxygen atoms in total. The van der Waals surface area contributed by atoms with Gasteiger partial charge in [0, 0.05) is 29.7 Å². The predicted octanol–water partition coefficient (Wildman–Crippen LogP) is 3.54. The molecule has 2 aromatic rings. The van der Waals surface area contributed by atoms with Crippen LogP contribution in [0.1, 0.15) is 23.7 Å². The summed E-state index contributed by atoms with van der Waals surface area (Å²) >= 11 is 6.14. The minimum absolute atomic E-state index is 0. The molecule has 0 bridgehead atoms. The van der Waals surface area contributed by atoms with E-state index in [1.165, 1.54) is 0 Å². The Bertz CT molecular complexity index is 710. The van der Waals surface area contributed by atoms with E-state index in [1.54, 1.807) is 12.3 Å². The minimum Gasteiger partial charge on any atom is -0.338 e. The highest BCUT2D eigenvalue weighted by Gasteiger charge is 2.35. The molecule has 126 valence electrons. The highest BCUT2D eigenvalue weighted by molar-refractivity contribution is 6.32. The third-order valence-electron chi connectivity index (χ3n) is 4.24. The maximum atomic E-state index is 12.8. The zero-order valence-corrected chi connectivity index (χ0v) is 15.2. The van der Waals surface area contributed by atoms with Crippen molar-refractivity contribution in [3.05, 3.63) is 41.0 Å². The molecule has 0 aliphatic carbocycles. The molecule has 2 heterocycles. The van der Waals surface area contributed by atoms with E-state index in [1.807, 2.05) is 23.1 Å². The number of amides is 1. The van der Waals surface area contributed by atoms with E-state index in [2.05, 4.69) is 11.9 Å². The van der Waals surface area contributed by atoms with E-state index in [9.17, 15) is 4.79 Å². The maximum Gasteiger partial charge on any atom is 0.256 e. The SMILES string of the molecule is CC1(CN)CCN(C(=O)c2cc(Cl)cc3cccnc23)C1.Cl.Cl. The van der Waals surface area contributed by atoms with Gasteiger partial charge in [-0.1, -0.05) is 24.6 Å². The molecule has 1 aromatic carbocycles. The molecule has 1 saturated heterocycles. The van der Waals surface area contributed by atoms with Crippen molar-refractivity contribution in [2.45, 2.75) is 13.3 Å². The van der Waals surface area contributed by atoms with Gasteiger partial charge in [-0.05, 0) is 36.6 Å². The van der Waals surface area contributed by atoms with Crippen molar-refractivity contribution in [2.75, 3.05) is 19.6 Å². The van der Waals surface area contributed by atoms with Gasteiger partial charge in [-0.25, -0.2) is 0 Å². The molecule has 3 rings (SSSR count). The molecule has 0 spiro atoms. The number of aromatic nitrogens is 1. The van der Waals surface area contributed by atoms with Gasteiger partial charge in [0.1, 0.15) is 0 Å². The number of carbonyl (C=O) groups is 1. The average Bonchev–Trinajstić information content (AvgIpc) is 2.89. The van der Waals surface area contributed by atoms with Crippen LogP contribution < -0.4 is 5.73 Å². The van der Waals surface area contributed by atoms with Crippen molar-refractivity contribution in [1.29, 1.82) is 0 Å². The van der Waals surface area contributed by atoms with Gasteiger partial charge in [-0.3, -0.25) is 9.78 Å². The molecule has 1 aliphatic rings. The molecule has 7 heteroatoms. The van der Waals surface area contributed by atoms with Crippen molar-refractivity contribution in [1.82, 2.24) is 9.88 Å². The predicted molar refractivity (Wildman–Crippen MR) is 98.9 cm³/mol. The normalized spacial score (nSPS) is 20.0. The standard InChI is InChI=1S/C16H18ClN3O.2ClH/c1-16(9-18)4-6-20(10-16)15(21)13-8-12(17)7-11-3-2-5-19-14(11)13;;/h2-3,5,7-8H,4,6,9-10,18H2,1H3;2*1H. The Morgan fingerprint density at radius 1 is 1.43 bits per heavy atom. The topological polar surface area (TPSA) is 59.2 Å². The number of hydrogen-bond acceptors (Lipinski definition) is 3. The molecular formula is C16H20Cl3N3O. The van der Waals surface area contributed by atoms with E-state index in [0.29, 0.717) is 29.2 Å². The summed E-state index contributed by atoms with van der Waals surface area (Å²) in [6, 6.07) is 7.29. The summed E-state index contributed by atoms with van der Waals surface area (Å²) in [6.45, 7) is 4.12. The number of nitrogens with two attached hydrogens (primary N) is 1. The molecule has 1 unspecified atom stereocenters. The summed E-state index contributed by atoms with van der Waals surface area (Å²) in [5.41, 5.74) is 7.09. The molecular weight excluding hydrogens is 357 g/mol. The lowest BCUT2D eigenvalue weighted by Crippen LogP contribution is -2.34. The van der Waals surface area contributed by atoms with Gasteiger partial charge in [-0.2, -0.15) is 0 Å². The molecule has 1 aromatic heterocycles. The van der Waals surface area contributed by atoms with Crippen LogP contribution in [0, 0.1) is 5.41 Å². The van der Waals surface area contributed by atoms with Gasteiger partial charge < -0.3 is 10.6 Å². The van der Waals surface area contributed by atoms with E-state index in [4.69, 9.17) is 17.3 Å². The summed E-state index contributed by atoms with van der Waals surface area (Å²) < 4.78 is 0. The monoisotopic (exact) mass is 375 g/mol. The maximum absolute atomic E-state index is 12.8. The Labute approximate surface area is 153 Å². The summed E-state index contributed by atoms with van der Waals surface area (Å²) in [7, 11) is 0. The fraction of sp³-hybridized carbons (Fsp3) is 0.375. The zero-order chi connectivity index (χ0) is 15.0. The number of nitrogens with zero attached hydrogens (tertiary/aromatic N) is 2. The quantitative estimate of drug-likeness (QED) is 0.872. The van der Waals surface area contributed by atoms with Gasteiger partial charge in [-0.15, -0.1) is 24.8 Å². The van der Waals surface area contributed by atoms with E-state index in [0.717, 1.165) is 18.4 Å². The van der Waals surface area contributed by atoms with Crippen molar-refractivity contribution in [3.63, 3.8) is 0 Å². The van der Waals surface area contributed by atoms with Gasteiger partial charge in [0.15, 0.2) is 0 Å². The van der Waals surface area contributed by atoms with Crippen molar-refractivity contribution in [2.24, 2.45) is 11.1 Å². The van der Waals surface area contributed by atoms with Gasteiger partial charge in [0.25, 0.3) is 5.91 Å². The fourth-order valence-electron chi connectivity index (χ4n) is 2.85. The molecule has 0 radical (unpaired) electrons. The Hall–Kier alpha value is -1.07. The second-order valence-corrected chi connectivity index (χ2v) is 6.46. The van der Waals surface area contributed by atoms with E-state index >= 15 is 0 Å². The summed E-state index contributed by atoms with van der Waals surface area (Å²) in [6.07, 6.45) is 2.63. The average molecular weight is 377 g/mol. The Balaban J connectivity index is 0.00000132. The number of halogens is 3. The molecule has 2 N–H and O–H groups in total. The first-order valence-electron chi connectivity index (χ1n) is 7.06. The minimum atomic E-state index is -0.0154. The van der Waals surface area contributed by atoms with Crippen LogP contribution >= 0.6 is 36.4 Å². The number of pyridine rings is 1. The van der Waals surface area contributed by atoms with Crippen LogP contribution in [0.2, 0.25) is 5.02 Å². The van der Waals surface area contributed by atoms with Gasteiger partial charge in [0.05, 0.1) is 11.1 Å². The molecule has 1 aliphatic heterocycles. The highest BCUT2D eigenvalue weighted by Crippen LogP contribution is 2.31. The molecule has 23 heavy (non-hydrogen) atoms. The summed E-state index contributed by atoms with van der Waals surface area (Å²) in [5.74, 6) is -0.0154. The largest absolute Gasteiger partial charge is 0.338 e. The van der Waals surface area contributed by atoms with Gasteiger partial charge in [0.2, 0.25) is 0 Å². The molecule has 1 amide bonds. The van der Waals surface area contributed by atoms with Crippen LogP contribution in [-0.2, 0) is 0 Å². The number of carbonyl (C=O) groups excluding carboxylic acids is 1. The number of likely N-dealkylation sites (tertiary alicyclic amines) is 1. The van der Waals surface area contributed by atoms with Crippen LogP contribution in [0.5, 0.6) is 0 Å². The third-order valence-corrected chi connectivity index (χ3v) is 4.46. The first-order valence-corrected chi connectivity index (χ1v) is 7.44. The van der Waals surface area contributed by atoms with E-state index in [-0.39, 0.29) is 36.1 Å². The zero-order valence-electron chi connectivity index (χ0n) is 12.8. The van der Waals surface area contributed by atoms with E-state index < -0.39 is 0 Å². The van der Waals surface area contributed by atoms with Crippen LogP contribution in [0.3, 0.4) is 0 Å². The fourth-order valence-corrected chi connectivity index (χ4v) is 3.08. The van der Waals surface area contributed by atoms with Crippen LogP contribution in [-0.4, -0.2) is 35.4 Å². The Kier molecular flexibility index (Phi) is 6.66. The van der Waals surface area contributed by atoms with Crippen molar-refractivity contribution >= 4 is 53.2 Å². The summed E-state index contributed by atoms with van der Waals surface area (Å²) in [4.78, 5) is 19.0. The third kappa shape index (κ3) is 3.89. The number of hydrogen-bond donors (Lipinski definition) is 1. The van der Waals surface area contributed by atoms with Crippen LogP contribution in [0.25, 0.3) is 10.9 Å². The lowest BCUT2D eigenvalue weighted by atomic mass is 9.90. The molecule has 1 fully saturated rings. The molecule has 1 atom stereocenters. The lowest BCUT2D eigenvalue weighted by Gasteiger charge is -2.23. The molecule has 0 saturated carbocycles. The number of rotatable bonds is 2. The Morgan fingerprint density at radius 3 is 2.83 bits per heavy atom. The number of fused-ring (bicyclic) bond motifs is 1. The highest BCUT2D eigenvalue weighted by atomic mass is 35.5. The second-order valence-electron chi connectivity index (χ2n) is 6.02. The van der Waals surface area contributed by atoms with Crippen molar-refractivity contribution < 1.29 is 4.79 Å². The first kappa shape index (κ1) is 20.0. The number of benzene rings is 1.